The first-order valence-corrected chi connectivity index (χ1v) is 6.51. The minimum absolute atomic E-state index is 0.0117. The highest BCUT2D eigenvalue weighted by atomic mass is 35.5. The standard InChI is InChI=1S/C15H13ClN2O/c16-11-6-7-12-14(8-11)18-15(19)9-13(17-12)10-4-2-1-3-5-10/h1-8,13,17H,9H2,(H,18,19)/t13-/m1/s1. The lowest BCUT2D eigenvalue weighted by Crippen LogP contribution is -2.15. The van der Waals surface area contributed by atoms with E-state index in [2.05, 4.69) is 10.6 Å². The van der Waals surface area contributed by atoms with Gasteiger partial charge in [0.1, 0.15) is 0 Å². The summed E-state index contributed by atoms with van der Waals surface area (Å²) in [4.78, 5) is 11.9. The number of anilines is 2. The van der Waals surface area contributed by atoms with Gasteiger partial charge in [-0.05, 0) is 23.8 Å². The first kappa shape index (κ1) is 12.1. The average molecular weight is 273 g/mol. The number of fused-ring (bicyclic) bond motifs is 1. The number of amides is 1. The summed E-state index contributed by atoms with van der Waals surface area (Å²) in [6.45, 7) is 0. The first-order chi connectivity index (χ1) is 9.22. The van der Waals surface area contributed by atoms with Gasteiger partial charge < -0.3 is 10.6 Å². The van der Waals surface area contributed by atoms with Crippen LogP contribution in [0.4, 0.5) is 11.4 Å². The van der Waals surface area contributed by atoms with Crippen LogP contribution in [0, 0.1) is 0 Å². The van der Waals surface area contributed by atoms with Crippen molar-refractivity contribution in [1.82, 2.24) is 0 Å². The number of hydrogen-bond donors (Lipinski definition) is 2. The van der Waals surface area contributed by atoms with Gasteiger partial charge in [0.05, 0.1) is 23.8 Å². The number of carbonyl (C=O) groups excluding carboxylic acids is 1. The summed E-state index contributed by atoms with van der Waals surface area (Å²) in [6.07, 6.45) is 0.399. The van der Waals surface area contributed by atoms with E-state index in [0.717, 1.165) is 16.9 Å². The maximum atomic E-state index is 11.9. The molecule has 1 atom stereocenters. The second-order valence-corrected chi connectivity index (χ2v) is 4.99. The number of nitrogens with one attached hydrogen (secondary N) is 2. The van der Waals surface area contributed by atoms with E-state index in [1.165, 1.54) is 0 Å². The topological polar surface area (TPSA) is 41.1 Å². The largest absolute Gasteiger partial charge is 0.376 e. The minimum atomic E-state index is -0.0244. The molecule has 0 unspecified atom stereocenters. The molecule has 1 heterocycles. The number of halogens is 1. The molecule has 1 aliphatic rings. The Labute approximate surface area is 116 Å². The van der Waals surface area contributed by atoms with Crippen molar-refractivity contribution in [2.45, 2.75) is 12.5 Å². The molecule has 0 fully saturated rings. The van der Waals surface area contributed by atoms with Gasteiger partial charge in [0.25, 0.3) is 0 Å². The van der Waals surface area contributed by atoms with Gasteiger partial charge in [0.2, 0.25) is 5.91 Å². The monoisotopic (exact) mass is 272 g/mol. The molecule has 0 saturated heterocycles. The fraction of sp³-hybridized carbons (Fsp3) is 0.133. The third-order valence-electron chi connectivity index (χ3n) is 3.18. The number of carbonyl (C=O) groups is 1. The molecular formula is C15H13ClN2O. The second kappa shape index (κ2) is 4.94. The summed E-state index contributed by atoms with van der Waals surface area (Å²) >= 11 is 5.95. The van der Waals surface area contributed by atoms with E-state index in [1.807, 2.05) is 42.5 Å². The molecular weight excluding hydrogens is 260 g/mol. The lowest BCUT2D eigenvalue weighted by atomic mass is 10.0. The van der Waals surface area contributed by atoms with E-state index in [4.69, 9.17) is 11.6 Å². The Bertz CT molecular complexity index is 613. The van der Waals surface area contributed by atoms with Crippen LogP contribution in [0.15, 0.2) is 48.5 Å². The highest BCUT2D eigenvalue weighted by Crippen LogP contribution is 2.33. The van der Waals surface area contributed by atoms with Crippen LogP contribution in [0.2, 0.25) is 5.02 Å². The SMILES string of the molecule is O=C1C[C@H](c2ccccc2)Nc2ccc(Cl)cc2N1. The van der Waals surface area contributed by atoms with Crippen molar-refractivity contribution in [2.75, 3.05) is 10.6 Å². The van der Waals surface area contributed by atoms with Crippen LogP contribution in [0.5, 0.6) is 0 Å². The predicted molar refractivity (Wildman–Crippen MR) is 77.5 cm³/mol. The van der Waals surface area contributed by atoms with Gasteiger partial charge in [0.15, 0.2) is 0 Å². The fourth-order valence-corrected chi connectivity index (χ4v) is 2.43. The zero-order valence-electron chi connectivity index (χ0n) is 10.2. The first-order valence-electron chi connectivity index (χ1n) is 6.13. The van der Waals surface area contributed by atoms with Crippen molar-refractivity contribution >= 4 is 28.9 Å². The van der Waals surface area contributed by atoms with Gasteiger partial charge in [-0.15, -0.1) is 0 Å². The number of rotatable bonds is 1. The van der Waals surface area contributed by atoms with Gasteiger partial charge in [-0.3, -0.25) is 4.79 Å². The lowest BCUT2D eigenvalue weighted by Gasteiger charge is -2.17. The zero-order chi connectivity index (χ0) is 13.2. The Hall–Kier alpha value is -2.00. The molecule has 3 rings (SSSR count). The Kier molecular flexibility index (Phi) is 3.13. The van der Waals surface area contributed by atoms with Crippen LogP contribution < -0.4 is 10.6 Å². The summed E-state index contributed by atoms with van der Waals surface area (Å²) in [5.41, 5.74) is 2.72. The van der Waals surface area contributed by atoms with E-state index in [0.29, 0.717) is 11.4 Å². The van der Waals surface area contributed by atoms with Gasteiger partial charge in [0, 0.05) is 5.02 Å². The van der Waals surface area contributed by atoms with Gasteiger partial charge >= 0.3 is 0 Å². The molecule has 1 amide bonds. The van der Waals surface area contributed by atoms with E-state index >= 15 is 0 Å². The minimum Gasteiger partial charge on any atom is -0.376 e. The molecule has 0 radical (unpaired) electrons. The molecule has 0 spiro atoms. The van der Waals surface area contributed by atoms with Crippen LogP contribution >= 0.6 is 11.6 Å². The lowest BCUT2D eigenvalue weighted by molar-refractivity contribution is -0.116. The van der Waals surface area contributed by atoms with Crippen LogP contribution in [0.1, 0.15) is 18.0 Å². The van der Waals surface area contributed by atoms with Crippen molar-refractivity contribution in [1.29, 1.82) is 0 Å². The van der Waals surface area contributed by atoms with Crippen LogP contribution in [0.3, 0.4) is 0 Å². The maximum absolute atomic E-state index is 11.9. The summed E-state index contributed by atoms with van der Waals surface area (Å²) in [5, 5.41) is 6.88. The molecule has 0 aromatic heterocycles. The van der Waals surface area contributed by atoms with Crippen molar-refractivity contribution < 1.29 is 4.79 Å². The van der Waals surface area contributed by atoms with E-state index in [9.17, 15) is 4.79 Å². The summed E-state index contributed by atoms with van der Waals surface area (Å²) < 4.78 is 0. The normalized spacial score (nSPS) is 17.9. The van der Waals surface area contributed by atoms with Gasteiger partial charge in [-0.25, -0.2) is 0 Å². The Morgan fingerprint density at radius 3 is 2.63 bits per heavy atom. The number of benzene rings is 2. The zero-order valence-corrected chi connectivity index (χ0v) is 10.9. The third-order valence-corrected chi connectivity index (χ3v) is 3.41. The molecule has 19 heavy (non-hydrogen) atoms. The summed E-state index contributed by atoms with van der Waals surface area (Å²) in [6, 6.07) is 15.4. The molecule has 96 valence electrons. The third kappa shape index (κ3) is 2.56. The average Bonchev–Trinajstić information content (AvgIpc) is 2.57. The molecule has 1 aliphatic heterocycles. The smallest absolute Gasteiger partial charge is 0.226 e. The Morgan fingerprint density at radius 2 is 1.84 bits per heavy atom. The molecule has 2 aromatic carbocycles. The highest BCUT2D eigenvalue weighted by Gasteiger charge is 2.21. The molecule has 4 heteroatoms. The maximum Gasteiger partial charge on any atom is 0.226 e. The van der Waals surface area contributed by atoms with E-state index < -0.39 is 0 Å². The molecule has 2 N–H and O–H groups in total. The summed E-state index contributed by atoms with van der Waals surface area (Å²) in [7, 11) is 0. The van der Waals surface area contributed by atoms with Crippen LogP contribution in [-0.4, -0.2) is 5.91 Å². The van der Waals surface area contributed by atoms with Crippen molar-refractivity contribution in [3.8, 4) is 0 Å². The molecule has 3 nitrogen and oxygen atoms in total. The Morgan fingerprint density at radius 1 is 1.05 bits per heavy atom. The van der Waals surface area contributed by atoms with Crippen molar-refractivity contribution in [3.05, 3.63) is 59.1 Å². The fourth-order valence-electron chi connectivity index (χ4n) is 2.26. The van der Waals surface area contributed by atoms with Gasteiger partial charge in [-0.2, -0.15) is 0 Å². The van der Waals surface area contributed by atoms with Crippen molar-refractivity contribution in [3.63, 3.8) is 0 Å². The predicted octanol–water partition coefficient (Wildman–Crippen LogP) is 3.84. The van der Waals surface area contributed by atoms with Crippen molar-refractivity contribution in [2.24, 2.45) is 0 Å². The molecule has 0 saturated carbocycles. The van der Waals surface area contributed by atoms with Crippen LogP contribution in [0.25, 0.3) is 0 Å². The van der Waals surface area contributed by atoms with E-state index in [1.54, 1.807) is 6.07 Å². The molecule has 2 aromatic rings. The molecule has 0 aliphatic carbocycles. The Balaban J connectivity index is 1.98. The molecule has 0 bridgehead atoms. The van der Waals surface area contributed by atoms with E-state index in [-0.39, 0.29) is 11.9 Å². The number of hydrogen-bond acceptors (Lipinski definition) is 2. The van der Waals surface area contributed by atoms with Crippen LogP contribution in [-0.2, 0) is 4.79 Å². The van der Waals surface area contributed by atoms with Gasteiger partial charge in [-0.1, -0.05) is 41.9 Å². The highest BCUT2D eigenvalue weighted by molar-refractivity contribution is 6.31. The second-order valence-electron chi connectivity index (χ2n) is 4.55. The quantitative estimate of drug-likeness (QED) is 0.828. The summed E-state index contributed by atoms with van der Waals surface area (Å²) in [5.74, 6) is -0.0117.